The highest BCUT2D eigenvalue weighted by Gasteiger charge is 2.17. The highest BCUT2D eigenvalue weighted by Crippen LogP contribution is 2.28. The molecule has 0 aliphatic heterocycles. The van der Waals surface area contributed by atoms with Gasteiger partial charge in [0, 0.05) is 36.8 Å². The van der Waals surface area contributed by atoms with E-state index in [4.69, 9.17) is 9.47 Å². The van der Waals surface area contributed by atoms with E-state index in [1.807, 2.05) is 18.2 Å². The van der Waals surface area contributed by atoms with E-state index < -0.39 is 0 Å². The van der Waals surface area contributed by atoms with Crippen molar-refractivity contribution in [1.29, 1.82) is 0 Å². The first-order valence-corrected chi connectivity index (χ1v) is 6.92. The summed E-state index contributed by atoms with van der Waals surface area (Å²) in [5.74, 6) is 0. The molecule has 106 valence electrons. The van der Waals surface area contributed by atoms with Gasteiger partial charge in [0.05, 0.1) is 18.9 Å². The number of aldehydes is 1. The van der Waals surface area contributed by atoms with Gasteiger partial charge in [0.25, 0.3) is 0 Å². The highest BCUT2D eigenvalue weighted by molar-refractivity contribution is 9.10. The van der Waals surface area contributed by atoms with E-state index in [0.29, 0.717) is 18.8 Å². The van der Waals surface area contributed by atoms with E-state index in [9.17, 15) is 4.79 Å². The van der Waals surface area contributed by atoms with Gasteiger partial charge in [-0.25, -0.2) is 0 Å². The number of halogens is 1. The number of rotatable bonds is 8. The van der Waals surface area contributed by atoms with Gasteiger partial charge in [-0.3, -0.25) is 4.79 Å². The van der Waals surface area contributed by atoms with E-state index in [2.05, 4.69) is 27.8 Å². The Kier molecular flexibility index (Phi) is 7.05. The first-order valence-electron chi connectivity index (χ1n) is 6.13. The molecule has 0 heterocycles. The SMILES string of the molecule is COCCN(c1ccc(C=O)cc1Br)C(C)COC. The van der Waals surface area contributed by atoms with Gasteiger partial charge in [-0.1, -0.05) is 0 Å². The molecule has 0 N–H and O–H groups in total. The molecule has 0 bridgehead atoms. The molecule has 1 aromatic carbocycles. The number of benzene rings is 1. The summed E-state index contributed by atoms with van der Waals surface area (Å²) in [5.41, 5.74) is 1.69. The average Bonchev–Trinajstić information content (AvgIpc) is 2.40. The van der Waals surface area contributed by atoms with Crippen molar-refractivity contribution in [2.24, 2.45) is 0 Å². The minimum Gasteiger partial charge on any atom is -0.383 e. The normalized spacial score (nSPS) is 12.2. The van der Waals surface area contributed by atoms with Gasteiger partial charge in [-0.2, -0.15) is 0 Å². The fourth-order valence-electron chi connectivity index (χ4n) is 1.93. The van der Waals surface area contributed by atoms with Crippen LogP contribution in [-0.2, 0) is 9.47 Å². The third-order valence-electron chi connectivity index (χ3n) is 2.89. The van der Waals surface area contributed by atoms with Crippen LogP contribution in [0.3, 0.4) is 0 Å². The Balaban J connectivity index is 2.98. The van der Waals surface area contributed by atoms with Crippen LogP contribution in [0.25, 0.3) is 0 Å². The van der Waals surface area contributed by atoms with Crippen molar-refractivity contribution in [1.82, 2.24) is 0 Å². The van der Waals surface area contributed by atoms with Crippen molar-refractivity contribution in [2.75, 3.05) is 38.9 Å². The number of nitrogens with zero attached hydrogens (tertiary/aromatic N) is 1. The molecule has 19 heavy (non-hydrogen) atoms. The lowest BCUT2D eigenvalue weighted by Crippen LogP contribution is -2.38. The lowest BCUT2D eigenvalue weighted by molar-refractivity contribution is 0.112. The number of methoxy groups -OCH3 is 2. The largest absolute Gasteiger partial charge is 0.383 e. The maximum Gasteiger partial charge on any atom is 0.150 e. The monoisotopic (exact) mass is 329 g/mol. The number of carbonyl (C=O) groups is 1. The third-order valence-corrected chi connectivity index (χ3v) is 3.53. The Morgan fingerprint density at radius 2 is 2.11 bits per heavy atom. The molecule has 0 aliphatic rings. The second-order valence-electron chi connectivity index (χ2n) is 4.32. The number of ether oxygens (including phenoxy) is 2. The molecule has 0 aliphatic carbocycles. The first kappa shape index (κ1) is 16.1. The second kappa shape index (κ2) is 8.30. The average molecular weight is 330 g/mol. The van der Waals surface area contributed by atoms with Crippen LogP contribution in [0.2, 0.25) is 0 Å². The summed E-state index contributed by atoms with van der Waals surface area (Å²) in [4.78, 5) is 13.0. The summed E-state index contributed by atoms with van der Waals surface area (Å²) in [6, 6.07) is 5.79. The molecule has 0 aromatic heterocycles. The molecule has 1 unspecified atom stereocenters. The Labute approximate surface area is 122 Å². The molecule has 1 atom stereocenters. The predicted octanol–water partition coefficient (Wildman–Crippen LogP) is 2.75. The van der Waals surface area contributed by atoms with Crippen molar-refractivity contribution in [3.05, 3.63) is 28.2 Å². The van der Waals surface area contributed by atoms with E-state index in [0.717, 1.165) is 23.0 Å². The third kappa shape index (κ3) is 4.60. The van der Waals surface area contributed by atoms with Crippen LogP contribution in [-0.4, -0.2) is 46.3 Å². The van der Waals surface area contributed by atoms with Crippen LogP contribution in [0.4, 0.5) is 5.69 Å². The van der Waals surface area contributed by atoms with Gasteiger partial charge in [0.15, 0.2) is 0 Å². The fourth-order valence-corrected chi connectivity index (χ4v) is 2.55. The number of carbonyl (C=O) groups excluding carboxylic acids is 1. The smallest absolute Gasteiger partial charge is 0.150 e. The van der Waals surface area contributed by atoms with Crippen molar-refractivity contribution in [2.45, 2.75) is 13.0 Å². The quantitative estimate of drug-likeness (QED) is 0.687. The van der Waals surface area contributed by atoms with Crippen LogP contribution in [0, 0.1) is 0 Å². The summed E-state index contributed by atoms with van der Waals surface area (Å²) < 4.78 is 11.3. The lowest BCUT2D eigenvalue weighted by Gasteiger charge is -2.31. The van der Waals surface area contributed by atoms with Crippen LogP contribution < -0.4 is 4.90 Å². The maximum absolute atomic E-state index is 10.8. The number of anilines is 1. The molecule has 1 aromatic rings. The molecular weight excluding hydrogens is 310 g/mol. The van der Waals surface area contributed by atoms with Crippen LogP contribution in [0.5, 0.6) is 0 Å². The summed E-state index contributed by atoms with van der Waals surface area (Å²) in [5, 5.41) is 0. The zero-order valence-corrected chi connectivity index (χ0v) is 13.1. The molecule has 0 radical (unpaired) electrons. The molecule has 0 amide bonds. The second-order valence-corrected chi connectivity index (χ2v) is 5.17. The van der Waals surface area contributed by atoms with Crippen molar-refractivity contribution in [3.8, 4) is 0 Å². The number of hydrogen-bond donors (Lipinski definition) is 0. The van der Waals surface area contributed by atoms with E-state index in [1.165, 1.54) is 0 Å². The standard InChI is InChI=1S/C14H20BrNO3/c1-11(10-19-3)16(6-7-18-2)14-5-4-12(9-17)8-13(14)15/h4-5,8-9,11H,6-7,10H2,1-3H3. The first-order chi connectivity index (χ1) is 9.13. The van der Waals surface area contributed by atoms with Gasteiger partial charge in [0.1, 0.15) is 6.29 Å². The molecule has 0 saturated carbocycles. The van der Waals surface area contributed by atoms with Gasteiger partial charge >= 0.3 is 0 Å². The Morgan fingerprint density at radius 1 is 1.37 bits per heavy atom. The maximum atomic E-state index is 10.8. The highest BCUT2D eigenvalue weighted by atomic mass is 79.9. The number of hydrogen-bond acceptors (Lipinski definition) is 4. The zero-order chi connectivity index (χ0) is 14.3. The van der Waals surface area contributed by atoms with E-state index >= 15 is 0 Å². The van der Waals surface area contributed by atoms with Crippen LogP contribution in [0.15, 0.2) is 22.7 Å². The fraction of sp³-hybridized carbons (Fsp3) is 0.500. The molecule has 4 nitrogen and oxygen atoms in total. The van der Waals surface area contributed by atoms with E-state index in [-0.39, 0.29) is 6.04 Å². The van der Waals surface area contributed by atoms with Gasteiger partial charge in [-0.15, -0.1) is 0 Å². The Bertz CT molecular complexity index is 412. The summed E-state index contributed by atoms with van der Waals surface area (Å²) >= 11 is 3.52. The summed E-state index contributed by atoms with van der Waals surface area (Å²) in [6.07, 6.45) is 0.840. The van der Waals surface area contributed by atoms with Crippen LogP contribution in [0.1, 0.15) is 17.3 Å². The molecule has 0 saturated heterocycles. The zero-order valence-electron chi connectivity index (χ0n) is 11.6. The minimum absolute atomic E-state index is 0.221. The van der Waals surface area contributed by atoms with Gasteiger partial charge in [-0.05, 0) is 41.1 Å². The lowest BCUT2D eigenvalue weighted by atomic mass is 10.2. The Morgan fingerprint density at radius 3 is 2.63 bits per heavy atom. The van der Waals surface area contributed by atoms with Crippen molar-refractivity contribution in [3.63, 3.8) is 0 Å². The topological polar surface area (TPSA) is 38.8 Å². The van der Waals surface area contributed by atoms with Crippen molar-refractivity contribution >= 4 is 27.9 Å². The minimum atomic E-state index is 0.221. The molecule has 1 rings (SSSR count). The van der Waals surface area contributed by atoms with Crippen LogP contribution >= 0.6 is 15.9 Å². The molecular formula is C14H20BrNO3. The molecule has 0 spiro atoms. The molecule has 0 fully saturated rings. The Hall–Kier alpha value is -0.910. The van der Waals surface area contributed by atoms with Gasteiger partial charge < -0.3 is 14.4 Å². The summed E-state index contributed by atoms with van der Waals surface area (Å²) in [7, 11) is 3.37. The van der Waals surface area contributed by atoms with Crippen molar-refractivity contribution < 1.29 is 14.3 Å². The predicted molar refractivity (Wildman–Crippen MR) is 80.1 cm³/mol. The summed E-state index contributed by atoms with van der Waals surface area (Å²) in [6.45, 7) is 4.13. The van der Waals surface area contributed by atoms with Gasteiger partial charge in [0.2, 0.25) is 0 Å². The molecule has 5 heteroatoms. The van der Waals surface area contributed by atoms with E-state index in [1.54, 1.807) is 14.2 Å².